The van der Waals surface area contributed by atoms with E-state index in [1.165, 1.54) is 45.2 Å². The summed E-state index contributed by atoms with van der Waals surface area (Å²) in [5.41, 5.74) is 1.58. The van der Waals surface area contributed by atoms with Crippen LogP contribution in [-0.4, -0.2) is 112 Å². The summed E-state index contributed by atoms with van der Waals surface area (Å²) in [5.74, 6) is -2.40. The number of likely N-dealkylation sites (tertiary alicyclic amines) is 1. The number of carbonyl (C=O) groups is 2. The molecule has 2 fully saturated rings. The number of piperazine rings is 1. The highest BCUT2D eigenvalue weighted by Gasteiger charge is 2.39. The van der Waals surface area contributed by atoms with Crippen LogP contribution in [0.2, 0.25) is 0 Å². The van der Waals surface area contributed by atoms with E-state index in [9.17, 15) is 22.8 Å². The van der Waals surface area contributed by atoms with Crippen LogP contribution in [0.1, 0.15) is 18.0 Å². The molecule has 3 aliphatic rings. The fourth-order valence-corrected chi connectivity index (χ4v) is 5.51. The van der Waals surface area contributed by atoms with Gasteiger partial charge in [-0.15, -0.1) is 0 Å². The molecule has 0 bridgehead atoms. The summed E-state index contributed by atoms with van der Waals surface area (Å²) in [5, 5.41) is 12.5. The summed E-state index contributed by atoms with van der Waals surface area (Å²) >= 11 is 0. The van der Waals surface area contributed by atoms with Crippen LogP contribution in [0.5, 0.6) is 5.75 Å². The molecule has 15 heteroatoms. The smallest absolute Gasteiger partial charge is 0.341 e. The summed E-state index contributed by atoms with van der Waals surface area (Å²) in [6.45, 7) is 3.94. The number of nitrogens with zero attached hydrogens (tertiary/aromatic N) is 8. The van der Waals surface area contributed by atoms with E-state index in [-0.39, 0.29) is 31.3 Å². The van der Waals surface area contributed by atoms with Crippen molar-refractivity contribution in [3.8, 4) is 17.1 Å². The summed E-state index contributed by atoms with van der Waals surface area (Å²) in [6.07, 6.45) is 3.89. The van der Waals surface area contributed by atoms with E-state index in [1.54, 1.807) is 7.05 Å². The number of ether oxygens (including phenoxy) is 1. The Morgan fingerprint density at radius 1 is 1.00 bits per heavy atom. The molecule has 0 saturated carbocycles. The second-order valence-corrected chi connectivity index (χ2v) is 11.2. The van der Waals surface area contributed by atoms with Crippen molar-refractivity contribution in [2.75, 3.05) is 58.2 Å². The van der Waals surface area contributed by atoms with E-state index in [2.05, 4.69) is 30.3 Å². The number of carbonyl (C=O) groups excluding carboxylic acids is 2. The van der Waals surface area contributed by atoms with Gasteiger partial charge in [0.05, 0.1) is 49.5 Å². The fourth-order valence-electron chi connectivity index (χ4n) is 5.51. The van der Waals surface area contributed by atoms with Crippen LogP contribution in [-0.2, 0) is 11.8 Å². The van der Waals surface area contributed by atoms with Gasteiger partial charge in [-0.2, -0.15) is 10.2 Å². The van der Waals surface area contributed by atoms with E-state index < -0.39 is 35.6 Å². The van der Waals surface area contributed by atoms with Crippen LogP contribution in [0.25, 0.3) is 11.4 Å². The molecule has 44 heavy (non-hydrogen) atoms. The number of aryl methyl sites for hydroxylation is 1. The van der Waals surface area contributed by atoms with Gasteiger partial charge in [0.15, 0.2) is 11.6 Å². The molecule has 232 valence electrons. The number of pyridine rings is 1. The van der Waals surface area contributed by atoms with Crippen molar-refractivity contribution in [1.29, 1.82) is 0 Å². The van der Waals surface area contributed by atoms with Gasteiger partial charge >= 0.3 is 6.03 Å². The normalized spacial score (nSPS) is 19.3. The zero-order chi connectivity index (χ0) is 31.0. The number of aromatic nitrogens is 3. The molecule has 3 amide bonds. The third-order valence-corrected chi connectivity index (χ3v) is 7.95. The minimum Gasteiger partial charge on any atom is -0.483 e. The lowest BCUT2D eigenvalue weighted by Crippen LogP contribution is -2.58. The monoisotopic (exact) mass is 611 g/mol. The van der Waals surface area contributed by atoms with Crippen molar-refractivity contribution in [3.63, 3.8) is 0 Å². The van der Waals surface area contributed by atoms with Gasteiger partial charge in [-0.3, -0.25) is 19.4 Å². The average Bonchev–Trinajstić information content (AvgIpc) is 3.59. The van der Waals surface area contributed by atoms with Gasteiger partial charge in [0.2, 0.25) is 5.91 Å². The van der Waals surface area contributed by atoms with Gasteiger partial charge in [-0.05, 0) is 24.7 Å². The van der Waals surface area contributed by atoms with Gasteiger partial charge in [0.1, 0.15) is 23.4 Å². The molecule has 6 rings (SSSR count). The Morgan fingerprint density at radius 2 is 1.73 bits per heavy atom. The summed E-state index contributed by atoms with van der Waals surface area (Å²) in [4.78, 5) is 35.9. The maximum atomic E-state index is 14.8. The Labute approximate surface area is 251 Å². The number of nitrogens with one attached hydrogen (secondary N) is 1. The van der Waals surface area contributed by atoms with Crippen molar-refractivity contribution in [2.24, 2.45) is 12.1 Å². The Balaban J connectivity index is 1.08. The lowest BCUT2D eigenvalue weighted by Gasteiger charge is -2.41. The van der Waals surface area contributed by atoms with Crippen molar-refractivity contribution in [2.45, 2.75) is 18.6 Å². The first-order valence-electron chi connectivity index (χ1n) is 14.3. The van der Waals surface area contributed by atoms with Gasteiger partial charge in [-0.25, -0.2) is 23.0 Å². The van der Waals surface area contributed by atoms with E-state index >= 15 is 0 Å². The molecule has 1 aromatic carbocycles. The highest BCUT2D eigenvalue weighted by Crippen LogP contribution is 2.33. The van der Waals surface area contributed by atoms with Crippen molar-refractivity contribution in [3.05, 3.63) is 59.7 Å². The predicted octanol–water partition coefficient (Wildman–Crippen LogP) is 2.70. The van der Waals surface area contributed by atoms with Crippen molar-refractivity contribution in [1.82, 2.24) is 34.5 Å². The molecule has 3 aliphatic heterocycles. The number of urea groups is 1. The summed E-state index contributed by atoms with van der Waals surface area (Å²) in [7, 11) is 3.74. The number of anilines is 1. The second-order valence-electron chi connectivity index (χ2n) is 11.2. The molecule has 1 atom stereocenters. The van der Waals surface area contributed by atoms with E-state index in [0.29, 0.717) is 29.1 Å². The van der Waals surface area contributed by atoms with E-state index in [4.69, 9.17) is 4.74 Å². The fraction of sp³-hybridized carbons (Fsp3) is 0.414. The number of amides is 3. The third-order valence-electron chi connectivity index (χ3n) is 7.95. The lowest BCUT2D eigenvalue weighted by molar-refractivity contribution is -0.117. The van der Waals surface area contributed by atoms with Crippen LogP contribution >= 0.6 is 0 Å². The van der Waals surface area contributed by atoms with E-state index in [1.807, 2.05) is 7.05 Å². The van der Waals surface area contributed by atoms with E-state index in [0.717, 1.165) is 38.4 Å². The first-order valence-corrected chi connectivity index (χ1v) is 14.3. The Morgan fingerprint density at radius 3 is 2.45 bits per heavy atom. The molecule has 3 aromatic rings. The molecular formula is C29H32F3N9O3. The Kier molecular flexibility index (Phi) is 8.23. The number of hydrogen-bond acceptors (Lipinski definition) is 8. The molecule has 2 aromatic heterocycles. The minimum atomic E-state index is -0.734. The molecule has 0 radical (unpaired) electrons. The predicted molar refractivity (Wildman–Crippen MR) is 154 cm³/mol. The molecule has 0 spiro atoms. The standard InChI is InChI=1S/C29H32F3N9O3/c1-37-5-7-39(8-6-37)17-27(42)36-24-14-35-38(2)28(24)23-12-26(22(32)13-33-23)44-21-15-40(16-21)29(43)41-25(3-4-34-41)18-9-19(30)11-20(31)10-18/h4,9-14,21,25H,3,5-8,15-17H2,1-2H3,(H,36,42)/t25-/m0/s1. The maximum Gasteiger partial charge on any atom is 0.341 e. The molecule has 5 heterocycles. The second kappa shape index (κ2) is 12.2. The number of rotatable bonds is 7. The molecule has 0 aliphatic carbocycles. The number of benzene rings is 1. The molecule has 12 nitrogen and oxygen atoms in total. The van der Waals surface area contributed by atoms with Gasteiger partial charge < -0.3 is 19.9 Å². The van der Waals surface area contributed by atoms with Crippen molar-refractivity contribution < 1.29 is 27.5 Å². The summed E-state index contributed by atoms with van der Waals surface area (Å²) in [6, 6.07) is 3.49. The average molecular weight is 612 g/mol. The number of hydrogen-bond donors (Lipinski definition) is 1. The summed E-state index contributed by atoms with van der Waals surface area (Å²) < 4.78 is 49.8. The molecular weight excluding hydrogens is 579 g/mol. The zero-order valence-electron chi connectivity index (χ0n) is 24.3. The highest BCUT2D eigenvalue weighted by atomic mass is 19.1. The zero-order valence-corrected chi connectivity index (χ0v) is 24.3. The lowest BCUT2D eigenvalue weighted by atomic mass is 10.0. The SMILES string of the molecule is CN1CCN(CC(=O)Nc2cnn(C)c2-c2cc(OC3CN(C(=O)N4N=CC[C@H]4c4cc(F)cc(F)c4)C3)c(F)cn2)CC1. The topological polar surface area (TPSA) is 111 Å². The molecule has 1 N–H and O–H groups in total. The van der Waals surface area contributed by atoms with Crippen LogP contribution in [0, 0.1) is 17.5 Å². The minimum absolute atomic E-state index is 0.0599. The highest BCUT2D eigenvalue weighted by molar-refractivity contribution is 5.95. The molecule has 2 saturated heterocycles. The van der Waals surface area contributed by atoms with Gasteiger partial charge in [-0.1, -0.05) is 0 Å². The first-order chi connectivity index (χ1) is 21.1. The van der Waals surface area contributed by atoms with Crippen LogP contribution in [0.15, 0.2) is 41.8 Å². The van der Waals surface area contributed by atoms with Gasteiger partial charge in [0.25, 0.3) is 0 Å². The number of likely N-dealkylation sites (N-methyl/N-ethyl adjacent to an activating group) is 1. The van der Waals surface area contributed by atoms with Crippen molar-refractivity contribution >= 4 is 23.8 Å². The van der Waals surface area contributed by atoms with Crippen LogP contribution < -0.4 is 10.1 Å². The molecule has 0 unspecified atom stereocenters. The number of halogens is 3. The Hall–Kier alpha value is -4.50. The van der Waals surface area contributed by atoms with Gasteiger partial charge in [0, 0.05) is 58.0 Å². The Bertz CT molecular complexity index is 1560. The van der Waals surface area contributed by atoms with Crippen LogP contribution in [0.4, 0.5) is 23.7 Å². The number of hydrazone groups is 1. The largest absolute Gasteiger partial charge is 0.483 e. The maximum absolute atomic E-state index is 14.8. The first kappa shape index (κ1) is 29.6. The third kappa shape index (κ3) is 6.24. The quantitative estimate of drug-likeness (QED) is 0.438. The van der Waals surface area contributed by atoms with Crippen LogP contribution in [0.3, 0.4) is 0 Å².